The summed E-state index contributed by atoms with van der Waals surface area (Å²) in [5.74, 6) is 2.14. The highest BCUT2D eigenvalue weighted by molar-refractivity contribution is 5.57. The van der Waals surface area contributed by atoms with E-state index in [1.165, 1.54) is 5.69 Å². The maximum atomic E-state index is 9.12. The topological polar surface area (TPSA) is 41.9 Å². The van der Waals surface area contributed by atoms with E-state index in [0.29, 0.717) is 19.3 Å². The number of aliphatic hydroxyl groups is 1. The van der Waals surface area contributed by atoms with Crippen LogP contribution >= 0.6 is 0 Å². The summed E-state index contributed by atoms with van der Waals surface area (Å²) < 4.78 is 10.7. The minimum atomic E-state index is 0.314. The fraction of sp³-hybridized carbons (Fsp3) is 0.538. The lowest BCUT2D eigenvalue weighted by molar-refractivity contribution is 0.174. The average molecular weight is 235 g/mol. The van der Waals surface area contributed by atoms with Gasteiger partial charge < -0.3 is 19.5 Å². The third kappa shape index (κ3) is 2.05. The predicted molar refractivity (Wildman–Crippen MR) is 64.6 cm³/mol. The monoisotopic (exact) mass is 235 g/mol. The molecule has 0 amide bonds. The third-order valence-corrected chi connectivity index (χ3v) is 3.59. The molecule has 0 saturated carbocycles. The Balaban J connectivity index is 1.72. The van der Waals surface area contributed by atoms with Crippen molar-refractivity contribution in [2.75, 3.05) is 31.4 Å². The highest BCUT2D eigenvalue weighted by Crippen LogP contribution is 2.36. The van der Waals surface area contributed by atoms with Gasteiger partial charge >= 0.3 is 0 Å². The maximum Gasteiger partial charge on any atom is 0.231 e. The Morgan fingerprint density at radius 1 is 1.18 bits per heavy atom. The Labute approximate surface area is 101 Å². The zero-order valence-electron chi connectivity index (χ0n) is 9.76. The van der Waals surface area contributed by atoms with Crippen molar-refractivity contribution in [3.05, 3.63) is 18.2 Å². The lowest BCUT2D eigenvalue weighted by Crippen LogP contribution is -2.34. The van der Waals surface area contributed by atoms with Gasteiger partial charge in [0.1, 0.15) is 0 Å². The molecular weight excluding hydrogens is 218 g/mol. The molecule has 92 valence electrons. The first-order valence-corrected chi connectivity index (χ1v) is 6.12. The summed E-state index contributed by atoms with van der Waals surface area (Å²) in [4.78, 5) is 2.34. The molecule has 4 nitrogen and oxygen atoms in total. The highest BCUT2D eigenvalue weighted by Gasteiger charge is 2.21. The van der Waals surface area contributed by atoms with Crippen molar-refractivity contribution in [1.82, 2.24) is 0 Å². The predicted octanol–water partition coefficient (Wildman–Crippen LogP) is 1.62. The summed E-state index contributed by atoms with van der Waals surface area (Å²) in [6, 6.07) is 6.09. The molecule has 17 heavy (non-hydrogen) atoms. The molecule has 0 aliphatic carbocycles. The molecular formula is C13H17NO3. The van der Waals surface area contributed by atoms with Gasteiger partial charge in [-0.25, -0.2) is 0 Å². The molecule has 1 aromatic carbocycles. The standard InChI is InChI=1S/C13H17NO3/c15-8-10-3-5-14(6-4-10)11-1-2-12-13(7-11)17-9-16-12/h1-2,7,10,15H,3-6,8-9H2. The first-order chi connectivity index (χ1) is 8.36. The van der Waals surface area contributed by atoms with Crippen LogP contribution in [-0.2, 0) is 0 Å². The van der Waals surface area contributed by atoms with Gasteiger partial charge in [0.15, 0.2) is 11.5 Å². The van der Waals surface area contributed by atoms with Crippen LogP contribution in [0.3, 0.4) is 0 Å². The molecule has 0 atom stereocenters. The number of hydrogen-bond donors (Lipinski definition) is 1. The Morgan fingerprint density at radius 3 is 2.71 bits per heavy atom. The fourth-order valence-electron chi connectivity index (χ4n) is 2.46. The first-order valence-electron chi connectivity index (χ1n) is 6.12. The van der Waals surface area contributed by atoms with Gasteiger partial charge in [-0.2, -0.15) is 0 Å². The van der Waals surface area contributed by atoms with Crippen LogP contribution < -0.4 is 14.4 Å². The van der Waals surface area contributed by atoms with E-state index < -0.39 is 0 Å². The minimum Gasteiger partial charge on any atom is -0.454 e. The van der Waals surface area contributed by atoms with E-state index in [1.54, 1.807) is 0 Å². The molecule has 2 heterocycles. The van der Waals surface area contributed by atoms with Crippen molar-refractivity contribution in [1.29, 1.82) is 0 Å². The second kappa shape index (κ2) is 4.45. The van der Waals surface area contributed by atoms with Crippen LogP contribution in [0.4, 0.5) is 5.69 Å². The van der Waals surface area contributed by atoms with Gasteiger partial charge in [-0.3, -0.25) is 0 Å². The first kappa shape index (κ1) is 10.7. The zero-order valence-corrected chi connectivity index (χ0v) is 9.76. The van der Waals surface area contributed by atoms with Crippen LogP contribution in [-0.4, -0.2) is 31.6 Å². The van der Waals surface area contributed by atoms with Crippen molar-refractivity contribution in [2.24, 2.45) is 5.92 Å². The highest BCUT2D eigenvalue weighted by atomic mass is 16.7. The summed E-state index contributed by atoms with van der Waals surface area (Å²) in [6.07, 6.45) is 2.12. The van der Waals surface area contributed by atoms with Crippen molar-refractivity contribution in [3.63, 3.8) is 0 Å². The third-order valence-electron chi connectivity index (χ3n) is 3.59. The Bertz CT molecular complexity index is 400. The summed E-state index contributed by atoms with van der Waals surface area (Å²) in [5.41, 5.74) is 1.19. The number of fused-ring (bicyclic) bond motifs is 1. The Hall–Kier alpha value is -1.42. The zero-order chi connectivity index (χ0) is 11.7. The number of hydrogen-bond acceptors (Lipinski definition) is 4. The van der Waals surface area contributed by atoms with Crippen molar-refractivity contribution >= 4 is 5.69 Å². The number of aliphatic hydroxyl groups excluding tert-OH is 1. The van der Waals surface area contributed by atoms with E-state index >= 15 is 0 Å². The van der Waals surface area contributed by atoms with Gasteiger partial charge in [-0.15, -0.1) is 0 Å². The molecule has 1 fully saturated rings. The summed E-state index contributed by atoms with van der Waals surface area (Å²) in [7, 11) is 0. The molecule has 0 bridgehead atoms. The van der Waals surface area contributed by atoms with E-state index in [0.717, 1.165) is 37.4 Å². The van der Waals surface area contributed by atoms with E-state index in [9.17, 15) is 0 Å². The van der Waals surface area contributed by atoms with Gasteiger partial charge in [-0.05, 0) is 30.9 Å². The number of benzene rings is 1. The van der Waals surface area contributed by atoms with Crippen LogP contribution in [0.2, 0.25) is 0 Å². The van der Waals surface area contributed by atoms with Gasteiger partial charge in [0.2, 0.25) is 6.79 Å². The number of nitrogens with zero attached hydrogens (tertiary/aromatic N) is 1. The van der Waals surface area contributed by atoms with Gasteiger partial charge in [0.25, 0.3) is 0 Å². The average Bonchev–Trinajstić information content (AvgIpc) is 2.86. The smallest absolute Gasteiger partial charge is 0.231 e. The maximum absolute atomic E-state index is 9.12. The SMILES string of the molecule is OCC1CCN(c2ccc3c(c2)OCO3)CC1. The number of piperidine rings is 1. The molecule has 3 rings (SSSR count). The largest absolute Gasteiger partial charge is 0.454 e. The summed E-state index contributed by atoms with van der Waals surface area (Å²) in [5, 5.41) is 9.12. The van der Waals surface area contributed by atoms with Gasteiger partial charge in [0, 0.05) is 31.5 Å². The molecule has 4 heteroatoms. The molecule has 0 radical (unpaired) electrons. The number of anilines is 1. The fourth-order valence-corrected chi connectivity index (χ4v) is 2.46. The van der Waals surface area contributed by atoms with Crippen LogP contribution in [0.15, 0.2) is 18.2 Å². The molecule has 2 aliphatic rings. The van der Waals surface area contributed by atoms with Crippen LogP contribution in [0.5, 0.6) is 11.5 Å². The molecule has 0 unspecified atom stereocenters. The van der Waals surface area contributed by atoms with Crippen LogP contribution in [0.25, 0.3) is 0 Å². The van der Waals surface area contributed by atoms with Crippen molar-refractivity contribution in [3.8, 4) is 11.5 Å². The molecule has 1 N–H and O–H groups in total. The van der Waals surface area contributed by atoms with E-state index in [1.807, 2.05) is 12.1 Å². The second-order valence-corrected chi connectivity index (χ2v) is 4.65. The molecule has 1 aromatic rings. The Morgan fingerprint density at radius 2 is 1.94 bits per heavy atom. The van der Waals surface area contributed by atoms with Gasteiger partial charge in [-0.1, -0.05) is 0 Å². The van der Waals surface area contributed by atoms with E-state index in [4.69, 9.17) is 14.6 Å². The van der Waals surface area contributed by atoms with E-state index in [2.05, 4.69) is 11.0 Å². The Kier molecular flexibility index (Phi) is 2.81. The summed E-state index contributed by atoms with van der Waals surface area (Å²) >= 11 is 0. The van der Waals surface area contributed by atoms with Crippen LogP contribution in [0, 0.1) is 5.92 Å². The van der Waals surface area contributed by atoms with Crippen molar-refractivity contribution < 1.29 is 14.6 Å². The van der Waals surface area contributed by atoms with E-state index in [-0.39, 0.29) is 0 Å². The minimum absolute atomic E-state index is 0.314. The van der Waals surface area contributed by atoms with Crippen LogP contribution in [0.1, 0.15) is 12.8 Å². The molecule has 0 spiro atoms. The second-order valence-electron chi connectivity index (χ2n) is 4.65. The quantitative estimate of drug-likeness (QED) is 0.846. The normalized spacial score (nSPS) is 19.7. The lowest BCUT2D eigenvalue weighted by Gasteiger charge is -2.32. The lowest BCUT2D eigenvalue weighted by atomic mass is 9.97. The molecule has 0 aromatic heterocycles. The summed E-state index contributed by atoms with van der Waals surface area (Å²) in [6.45, 7) is 2.65. The number of ether oxygens (including phenoxy) is 2. The molecule has 1 saturated heterocycles. The van der Waals surface area contributed by atoms with Gasteiger partial charge in [0.05, 0.1) is 0 Å². The number of rotatable bonds is 2. The molecule has 2 aliphatic heterocycles. The van der Waals surface area contributed by atoms with Crippen molar-refractivity contribution in [2.45, 2.75) is 12.8 Å².